The van der Waals surface area contributed by atoms with Crippen molar-refractivity contribution in [3.8, 4) is 17.0 Å². The molecule has 3 aromatic rings. The van der Waals surface area contributed by atoms with Crippen LogP contribution in [0.3, 0.4) is 0 Å². The summed E-state index contributed by atoms with van der Waals surface area (Å²) in [5.41, 5.74) is 5.01. The number of rotatable bonds is 3. The molecule has 7 nitrogen and oxygen atoms in total. The fourth-order valence-electron chi connectivity index (χ4n) is 3.36. The monoisotopic (exact) mass is 337 g/mol. The predicted molar refractivity (Wildman–Crippen MR) is 93.6 cm³/mol. The molecule has 0 fully saturated rings. The third kappa shape index (κ3) is 2.48. The Bertz CT molecular complexity index is 939. The highest BCUT2D eigenvalue weighted by molar-refractivity contribution is 5.96. The molecule has 1 atom stereocenters. The van der Waals surface area contributed by atoms with Gasteiger partial charge in [0.05, 0.1) is 19.0 Å². The normalized spacial score (nSPS) is 16.4. The second-order valence-electron chi connectivity index (χ2n) is 6.20. The number of H-pyrrole nitrogens is 1. The number of amides is 1. The highest BCUT2D eigenvalue weighted by Gasteiger charge is 2.33. The minimum Gasteiger partial charge on any atom is -0.497 e. The Morgan fingerprint density at radius 2 is 2.04 bits per heavy atom. The van der Waals surface area contributed by atoms with Gasteiger partial charge in [-0.1, -0.05) is 0 Å². The van der Waals surface area contributed by atoms with Crippen LogP contribution in [0.15, 0.2) is 30.5 Å². The summed E-state index contributed by atoms with van der Waals surface area (Å²) in [6.07, 6.45) is 2.22. The van der Waals surface area contributed by atoms with Crippen molar-refractivity contribution in [1.29, 1.82) is 0 Å². The number of nitrogens with zero attached hydrogens (tertiary/aromatic N) is 3. The lowest BCUT2D eigenvalue weighted by Gasteiger charge is -2.23. The van der Waals surface area contributed by atoms with E-state index in [2.05, 4.69) is 20.6 Å². The molecule has 25 heavy (non-hydrogen) atoms. The molecule has 0 aliphatic carbocycles. The van der Waals surface area contributed by atoms with E-state index in [4.69, 9.17) is 4.74 Å². The number of hydrogen-bond donors (Lipinski definition) is 2. The molecule has 0 bridgehead atoms. The molecule has 0 saturated heterocycles. The number of hydrogen-bond acceptors (Lipinski definition) is 4. The lowest BCUT2D eigenvalue weighted by Crippen LogP contribution is -2.23. The third-order valence-electron chi connectivity index (χ3n) is 4.83. The van der Waals surface area contributed by atoms with Crippen LogP contribution in [0.25, 0.3) is 11.3 Å². The molecule has 1 aromatic carbocycles. The highest BCUT2D eigenvalue weighted by atomic mass is 16.5. The predicted octanol–water partition coefficient (Wildman–Crippen LogP) is 2.60. The van der Waals surface area contributed by atoms with Crippen LogP contribution >= 0.6 is 0 Å². The number of methoxy groups -OCH3 is 1. The van der Waals surface area contributed by atoms with Crippen molar-refractivity contribution in [2.45, 2.75) is 19.3 Å². The molecule has 2 N–H and O–H groups in total. The largest absolute Gasteiger partial charge is 0.497 e. The van der Waals surface area contributed by atoms with Crippen LogP contribution in [0.5, 0.6) is 5.75 Å². The van der Waals surface area contributed by atoms with Crippen LogP contribution in [0, 0.1) is 6.92 Å². The molecule has 1 unspecified atom stereocenters. The quantitative estimate of drug-likeness (QED) is 0.769. The van der Waals surface area contributed by atoms with Crippen molar-refractivity contribution in [3.05, 3.63) is 47.3 Å². The van der Waals surface area contributed by atoms with Gasteiger partial charge in [-0.05, 0) is 31.2 Å². The average molecular weight is 337 g/mol. The lowest BCUT2D eigenvalue weighted by atomic mass is 9.84. The summed E-state index contributed by atoms with van der Waals surface area (Å²) in [6.45, 7) is 2.02. The smallest absolute Gasteiger partial charge is 0.226 e. The van der Waals surface area contributed by atoms with Gasteiger partial charge in [-0.25, -0.2) is 0 Å². The van der Waals surface area contributed by atoms with E-state index in [9.17, 15) is 4.79 Å². The van der Waals surface area contributed by atoms with Crippen LogP contribution in [0.2, 0.25) is 0 Å². The number of aryl methyl sites for hydroxylation is 1. The van der Waals surface area contributed by atoms with Gasteiger partial charge < -0.3 is 10.1 Å². The van der Waals surface area contributed by atoms with Crippen molar-refractivity contribution in [2.75, 3.05) is 12.4 Å². The maximum absolute atomic E-state index is 12.1. The first-order chi connectivity index (χ1) is 12.1. The van der Waals surface area contributed by atoms with E-state index in [0.29, 0.717) is 12.2 Å². The maximum atomic E-state index is 12.1. The molecule has 2 aromatic heterocycles. The molecule has 0 spiro atoms. The van der Waals surface area contributed by atoms with Gasteiger partial charge in [0, 0.05) is 41.8 Å². The van der Waals surface area contributed by atoms with Gasteiger partial charge in [-0.2, -0.15) is 10.2 Å². The van der Waals surface area contributed by atoms with E-state index in [0.717, 1.165) is 33.8 Å². The van der Waals surface area contributed by atoms with Crippen molar-refractivity contribution < 1.29 is 9.53 Å². The fourth-order valence-corrected chi connectivity index (χ4v) is 3.36. The standard InChI is InChI=1S/C18H19N5O2/c1-10-14(9-19-23(10)2)13-8-15(24)20-18-16(13)17(21-22-18)11-4-6-12(25-3)7-5-11/h4-7,9,13H,8H2,1-3H3,(H2,20,21,22,24). The first-order valence-electron chi connectivity index (χ1n) is 8.09. The van der Waals surface area contributed by atoms with Crippen LogP contribution in [0.1, 0.15) is 29.2 Å². The molecule has 1 aliphatic rings. The number of nitrogens with one attached hydrogen (secondary N) is 2. The Balaban J connectivity index is 1.85. The topological polar surface area (TPSA) is 84.8 Å². The summed E-state index contributed by atoms with van der Waals surface area (Å²) in [5, 5.41) is 14.6. The first kappa shape index (κ1) is 15.4. The van der Waals surface area contributed by atoms with E-state index in [-0.39, 0.29) is 11.8 Å². The second kappa shape index (κ2) is 5.77. The molecule has 1 amide bonds. The van der Waals surface area contributed by atoms with Crippen molar-refractivity contribution in [1.82, 2.24) is 20.0 Å². The van der Waals surface area contributed by atoms with Gasteiger partial charge in [-0.3, -0.25) is 14.6 Å². The average Bonchev–Trinajstić information content (AvgIpc) is 3.18. The van der Waals surface area contributed by atoms with Crippen molar-refractivity contribution in [3.63, 3.8) is 0 Å². The molecular weight excluding hydrogens is 318 g/mol. The highest BCUT2D eigenvalue weighted by Crippen LogP contribution is 2.42. The molecular formula is C18H19N5O2. The number of aromatic nitrogens is 4. The summed E-state index contributed by atoms with van der Waals surface area (Å²) in [5.74, 6) is 1.28. The Kier molecular flexibility index (Phi) is 3.56. The van der Waals surface area contributed by atoms with Crippen molar-refractivity contribution >= 4 is 11.7 Å². The zero-order valence-corrected chi connectivity index (χ0v) is 14.3. The fraction of sp³-hybridized carbons (Fsp3) is 0.278. The number of ether oxygens (including phenoxy) is 1. The van der Waals surface area contributed by atoms with Gasteiger partial charge in [-0.15, -0.1) is 0 Å². The molecule has 4 rings (SSSR count). The summed E-state index contributed by atoms with van der Waals surface area (Å²) in [4.78, 5) is 12.1. The Hall–Kier alpha value is -3.09. The molecule has 3 heterocycles. The van der Waals surface area contributed by atoms with E-state index in [1.165, 1.54) is 0 Å². The van der Waals surface area contributed by atoms with Gasteiger partial charge in [0.25, 0.3) is 0 Å². The molecule has 0 saturated carbocycles. The van der Waals surface area contributed by atoms with Gasteiger partial charge in [0.2, 0.25) is 5.91 Å². The van der Waals surface area contributed by atoms with Crippen LogP contribution in [-0.2, 0) is 11.8 Å². The summed E-state index contributed by atoms with van der Waals surface area (Å²) in [6, 6.07) is 7.79. The SMILES string of the molecule is COc1ccc(-c2[nH]nc3c2C(c2cnn(C)c2C)CC(=O)N3)cc1. The third-order valence-corrected chi connectivity index (χ3v) is 4.83. The molecule has 1 aliphatic heterocycles. The summed E-state index contributed by atoms with van der Waals surface area (Å²) >= 11 is 0. The van der Waals surface area contributed by atoms with E-state index < -0.39 is 0 Å². The van der Waals surface area contributed by atoms with E-state index in [1.54, 1.807) is 7.11 Å². The number of carbonyl (C=O) groups is 1. The van der Waals surface area contributed by atoms with Gasteiger partial charge >= 0.3 is 0 Å². The number of fused-ring (bicyclic) bond motifs is 1. The van der Waals surface area contributed by atoms with E-state index >= 15 is 0 Å². The van der Waals surface area contributed by atoms with Gasteiger partial charge in [0.1, 0.15) is 5.75 Å². The molecule has 0 radical (unpaired) electrons. The minimum atomic E-state index is -0.0756. The Morgan fingerprint density at radius 3 is 2.68 bits per heavy atom. The van der Waals surface area contributed by atoms with Crippen molar-refractivity contribution in [2.24, 2.45) is 7.05 Å². The van der Waals surface area contributed by atoms with E-state index in [1.807, 2.05) is 49.1 Å². The molecule has 128 valence electrons. The zero-order chi connectivity index (χ0) is 17.6. The molecule has 7 heteroatoms. The lowest BCUT2D eigenvalue weighted by molar-refractivity contribution is -0.116. The second-order valence-corrected chi connectivity index (χ2v) is 6.20. The number of aromatic amines is 1. The first-order valence-corrected chi connectivity index (χ1v) is 8.09. The summed E-state index contributed by atoms with van der Waals surface area (Å²) < 4.78 is 7.06. The van der Waals surface area contributed by atoms with Gasteiger partial charge in [0.15, 0.2) is 5.82 Å². The summed E-state index contributed by atoms with van der Waals surface area (Å²) in [7, 11) is 3.55. The van der Waals surface area contributed by atoms with Crippen LogP contribution in [0.4, 0.5) is 5.82 Å². The van der Waals surface area contributed by atoms with Crippen LogP contribution in [-0.4, -0.2) is 33.0 Å². The van der Waals surface area contributed by atoms with Crippen LogP contribution < -0.4 is 10.1 Å². The number of carbonyl (C=O) groups excluding carboxylic acids is 1. The number of benzene rings is 1. The maximum Gasteiger partial charge on any atom is 0.226 e. The Morgan fingerprint density at radius 1 is 1.28 bits per heavy atom. The zero-order valence-electron chi connectivity index (χ0n) is 14.3. The number of anilines is 1. The minimum absolute atomic E-state index is 0.0338. The Labute approximate surface area is 145 Å².